The van der Waals surface area contributed by atoms with Gasteiger partial charge in [0.2, 0.25) is 5.90 Å². The largest absolute Gasteiger partial charge is 0.475 e. The number of fused-ring (bicyclic) bond motifs is 3. The second kappa shape index (κ2) is 7.09. The van der Waals surface area contributed by atoms with Gasteiger partial charge in [-0.25, -0.2) is 4.99 Å². The minimum atomic E-state index is -0.911. The van der Waals surface area contributed by atoms with Crippen LogP contribution in [-0.2, 0) is 9.47 Å². The third-order valence-electron chi connectivity index (χ3n) is 3.49. The highest BCUT2D eigenvalue weighted by atomic mass is 32.1. The van der Waals surface area contributed by atoms with Gasteiger partial charge in [-0.2, -0.15) is 0 Å². The highest BCUT2D eigenvalue weighted by Gasteiger charge is 2.24. The zero-order valence-electron chi connectivity index (χ0n) is 12.6. The third-order valence-corrected chi connectivity index (χ3v) is 4.40. The van der Waals surface area contributed by atoms with Crippen LogP contribution in [0.25, 0.3) is 5.00 Å². The quantitative estimate of drug-likeness (QED) is 0.832. The number of aliphatic imine (C=N–C) groups is 1. The Morgan fingerprint density at radius 2 is 2.23 bits per heavy atom. The SMILES string of the molecule is CCCCOCCOC1=NC(O)c2cccn2-c2sccc21. The predicted octanol–water partition coefficient (Wildman–Crippen LogP) is 3.12. The molecule has 3 rings (SSSR count). The van der Waals surface area contributed by atoms with Crippen molar-refractivity contribution < 1.29 is 14.6 Å². The number of hydrogen-bond donors (Lipinski definition) is 1. The highest BCUT2D eigenvalue weighted by molar-refractivity contribution is 7.13. The van der Waals surface area contributed by atoms with Gasteiger partial charge in [-0.3, -0.25) is 0 Å². The van der Waals surface area contributed by atoms with Crippen molar-refractivity contribution >= 4 is 17.2 Å². The zero-order valence-corrected chi connectivity index (χ0v) is 13.4. The molecule has 0 fully saturated rings. The number of aliphatic hydroxyl groups excluding tert-OH is 1. The van der Waals surface area contributed by atoms with Crippen LogP contribution < -0.4 is 0 Å². The number of ether oxygens (including phenoxy) is 2. The van der Waals surface area contributed by atoms with Crippen molar-refractivity contribution in [2.24, 2.45) is 4.99 Å². The van der Waals surface area contributed by atoms with Crippen LogP contribution in [0.2, 0.25) is 0 Å². The Morgan fingerprint density at radius 3 is 3.09 bits per heavy atom. The van der Waals surface area contributed by atoms with Crippen LogP contribution in [0.1, 0.15) is 37.3 Å². The van der Waals surface area contributed by atoms with E-state index in [0.717, 1.165) is 35.7 Å². The van der Waals surface area contributed by atoms with Crippen LogP contribution >= 0.6 is 11.3 Å². The minimum Gasteiger partial charge on any atom is -0.475 e. The number of thiophene rings is 1. The van der Waals surface area contributed by atoms with Crippen molar-refractivity contribution in [1.82, 2.24) is 4.57 Å². The van der Waals surface area contributed by atoms with E-state index in [1.54, 1.807) is 11.3 Å². The molecular formula is C16H20N2O3S. The fourth-order valence-corrected chi connectivity index (χ4v) is 3.24. The van der Waals surface area contributed by atoms with Gasteiger partial charge in [0.25, 0.3) is 0 Å². The van der Waals surface area contributed by atoms with Crippen LogP contribution in [0, 0.1) is 0 Å². The monoisotopic (exact) mass is 320 g/mol. The Hall–Kier alpha value is -1.63. The molecule has 0 amide bonds. The number of unbranched alkanes of at least 4 members (excludes halogenated alkanes) is 1. The van der Waals surface area contributed by atoms with Gasteiger partial charge in [0.1, 0.15) is 11.6 Å². The number of hydrogen-bond acceptors (Lipinski definition) is 5. The molecule has 0 bridgehead atoms. The molecule has 1 N–H and O–H groups in total. The molecule has 6 heteroatoms. The molecule has 5 nitrogen and oxygen atoms in total. The average Bonchev–Trinajstić information content (AvgIpc) is 3.15. The second-order valence-corrected chi connectivity index (χ2v) is 5.96. The summed E-state index contributed by atoms with van der Waals surface area (Å²) in [6.45, 7) is 3.85. The highest BCUT2D eigenvalue weighted by Crippen LogP contribution is 2.31. The van der Waals surface area contributed by atoms with Gasteiger partial charge >= 0.3 is 0 Å². The molecular weight excluding hydrogens is 300 g/mol. The van der Waals surface area contributed by atoms with E-state index in [-0.39, 0.29) is 0 Å². The van der Waals surface area contributed by atoms with Crippen LogP contribution in [0.3, 0.4) is 0 Å². The zero-order chi connectivity index (χ0) is 15.4. The first-order valence-corrected chi connectivity index (χ1v) is 8.41. The lowest BCUT2D eigenvalue weighted by Crippen LogP contribution is -2.13. The minimum absolute atomic E-state index is 0.430. The van der Waals surface area contributed by atoms with E-state index in [4.69, 9.17) is 9.47 Å². The van der Waals surface area contributed by atoms with Crippen molar-refractivity contribution in [3.63, 3.8) is 0 Å². The fraction of sp³-hybridized carbons (Fsp3) is 0.438. The molecule has 22 heavy (non-hydrogen) atoms. The summed E-state index contributed by atoms with van der Waals surface area (Å²) in [5.74, 6) is 0.478. The first-order chi connectivity index (χ1) is 10.8. The summed E-state index contributed by atoms with van der Waals surface area (Å²) < 4.78 is 13.2. The molecule has 0 aromatic carbocycles. The van der Waals surface area contributed by atoms with E-state index in [1.807, 2.05) is 34.3 Å². The van der Waals surface area contributed by atoms with E-state index in [9.17, 15) is 5.11 Å². The summed E-state index contributed by atoms with van der Waals surface area (Å²) in [7, 11) is 0. The molecule has 118 valence electrons. The van der Waals surface area contributed by atoms with Gasteiger partial charge in [0, 0.05) is 12.8 Å². The lowest BCUT2D eigenvalue weighted by atomic mass is 10.3. The number of aliphatic hydroxyl groups is 1. The van der Waals surface area contributed by atoms with Gasteiger partial charge in [-0.1, -0.05) is 13.3 Å². The number of rotatable bonds is 6. The molecule has 1 aliphatic rings. The topological polar surface area (TPSA) is 56.0 Å². The Bertz CT molecular complexity index is 647. The molecule has 1 aliphatic heterocycles. The summed E-state index contributed by atoms with van der Waals surface area (Å²) in [5, 5.41) is 13.3. The van der Waals surface area contributed by atoms with Crippen LogP contribution in [-0.4, -0.2) is 35.4 Å². The molecule has 0 spiro atoms. The van der Waals surface area contributed by atoms with Crippen LogP contribution in [0.4, 0.5) is 0 Å². The molecule has 1 unspecified atom stereocenters. The molecule has 0 saturated carbocycles. The summed E-state index contributed by atoms with van der Waals surface area (Å²) in [6, 6.07) is 5.75. The molecule has 3 heterocycles. The lowest BCUT2D eigenvalue weighted by molar-refractivity contribution is 0.0931. The van der Waals surface area contributed by atoms with E-state index < -0.39 is 6.23 Å². The Kier molecular flexibility index (Phi) is 4.92. The summed E-state index contributed by atoms with van der Waals surface area (Å²) >= 11 is 1.60. The standard InChI is InChI=1S/C16H20N2O3S/c1-2-3-8-20-9-10-21-15-12-6-11-22-16(12)18-7-4-5-13(18)14(19)17-15/h4-7,11,14,19H,2-3,8-10H2,1H3. The van der Waals surface area contributed by atoms with Crippen molar-refractivity contribution in [2.45, 2.75) is 26.0 Å². The number of aromatic nitrogens is 1. The predicted molar refractivity (Wildman–Crippen MR) is 86.8 cm³/mol. The average molecular weight is 320 g/mol. The van der Waals surface area contributed by atoms with E-state index in [2.05, 4.69) is 11.9 Å². The molecule has 0 aliphatic carbocycles. The maximum Gasteiger partial charge on any atom is 0.222 e. The van der Waals surface area contributed by atoms with E-state index in [0.29, 0.717) is 19.1 Å². The van der Waals surface area contributed by atoms with Gasteiger partial charge in [0.15, 0.2) is 6.23 Å². The smallest absolute Gasteiger partial charge is 0.222 e. The maximum atomic E-state index is 10.2. The van der Waals surface area contributed by atoms with Gasteiger partial charge in [-0.05, 0) is 30.0 Å². The van der Waals surface area contributed by atoms with Crippen molar-refractivity contribution in [2.75, 3.05) is 19.8 Å². The Morgan fingerprint density at radius 1 is 1.32 bits per heavy atom. The first kappa shape index (κ1) is 15.3. The van der Waals surface area contributed by atoms with Crippen molar-refractivity contribution in [3.05, 3.63) is 41.0 Å². The Labute approximate surface area is 133 Å². The van der Waals surface area contributed by atoms with E-state index >= 15 is 0 Å². The van der Waals surface area contributed by atoms with Crippen LogP contribution in [0.15, 0.2) is 34.8 Å². The third kappa shape index (κ3) is 3.09. The normalized spacial score (nSPS) is 16.6. The summed E-state index contributed by atoms with van der Waals surface area (Å²) in [4.78, 5) is 4.32. The van der Waals surface area contributed by atoms with Gasteiger partial charge in [0.05, 0.1) is 17.9 Å². The summed E-state index contributed by atoms with van der Waals surface area (Å²) in [6.07, 6.45) is 3.20. The molecule has 0 radical (unpaired) electrons. The van der Waals surface area contributed by atoms with Crippen molar-refractivity contribution in [3.8, 4) is 5.00 Å². The lowest BCUT2D eigenvalue weighted by Gasteiger charge is -2.09. The molecule has 1 atom stereocenters. The number of nitrogens with zero attached hydrogens (tertiary/aromatic N) is 2. The maximum absolute atomic E-state index is 10.2. The molecule has 2 aromatic rings. The fourth-order valence-electron chi connectivity index (χ4n) is 2.35. The van der Waals surface area contributed by atoms with E-state index in [1.165, 1.54) is 0 Å². The van der Waals surface area contributed by atoms with Gasteiger partial charge < -0.3 is 19.1 Å². The summed E-state index contributed by atoms with van der Waals surface area (Å²) in [5.41, 5.74) is 1.66. The second-order valence-electron chi connectivity index (χ2n) is 5.06. The molecule has 0 saturated heterocycles. The van der Waals surface area contributed by atoms with Gasteiger partial charge in [-0.15, -0.1) is 11.3 Å². The first-order valence-electron chi connectivity index (χ1n) is 7.53. The van der Waals surface area contributed by atoms with Crippen LogP contribution in [0.5, 0.6) is 0 Å². The molecule has 2 aromatic heterocycles. The van der Waals surface area contributed by atoms with Crippen molar-refractivity contribution in [1.29, 1.82) is 0 Å². The Balaban J connectivity index is 1.70.